The molecule has 2 amide bonds. The molecule has 4 nitrogen and oxygen atoms in total. The van der Waals surface area contributed by atoms with Gasteiger partial charge in [-0.25, -0.2) is 0 Å². The van der Waals surface area contributed by atoms with E-state index in [-0.39, 0.29) is 11.8 Å². The molecule has 108 valence electrons. The standard InChI is InChI=1S/C17H18N2O2/c1-17(2,16(21)18-14-11-7-4-8-12-14)19-15(20)13-9-5-3-6-10-13/h3-12H,1-2H3,(H,18,21)(H,19,20). The number of carbonyl (C=O) groups excluding carboxylic acids is 2. The molecule has 0 atom stereocenters. The maximum absolute atomic E-state index is 12.3. The molecule has 21 heavy (non-hydrogen) atoms. The van der Waals surface area contributed by atoms with Crippen molar-refractivity contribution in [3.05, 3.63) is 66.2 Å². The smallest absolute Gasteiger partial charge is 0.252 e. The van der Waals surface area contributed by atoms with E-state index in [1.807, 2.05) is 24.3 Å². The van der Waals surface area contributed by atoms with Gasteiger partial charge in [0, 0.05) is 11.3 Å². The Morgan fingerprint density at radius 2 is 1.38 bits per heavy atom. The van der Waals surface area contributed by atoms with Crippen LogP contribution in [-0.2, 0) is 4.79 Å². The van der Waals surface area contributed by atoms with Gasteiger partial charge in [-0.1, -0.05) is 36.4 Å². The van der Waals surface area contributed by atoms with E-state index in [2.05, 4.69) is 10.6 Å². The van der Waals surface area contributed by atoms with E-state index in [1.165, 1.54) is 0 Å². The Balaban J connectivity index is 2.04. The molecule has 0 aromatic heterocycles. The van der Waals surface area contributed by atoms with E-state index in [1.54, 1.807) is 50.2 Å². The molecule has 4 heteroatoms. The summed E-state index contributed by atoms with van der Waals surface area (Å²) in [6, 6.07) is 18.0. The zero-order valence-electron chi connectivity index (χ0n) is 12.1. The summed E-state index contributed by atoms with van der Waals surface area (Å²) in [5.74, 6) is -0.540. The second kappa shape index (κ2) is 6.22. The zero-order chi connectivity index (χ0) is 15.3. The lowest BCUT2D eigenvalue weighted by Gasteiger charge is -2.25. The van der Waals surface area contributed by atoms with Gasteiger partial charge in [-0.15, -0.1) is 0 Å². The molecule has 0 bridgehead atoms. The monoisotopic (exact) mass is 282 g/mol. The van der Waals surface area contributed by atoms with Crippen molar-refractivity contribution in [2.75, 3.05) is 5.32 Å². The molecular formula is C17H18N2O2. The molecule has 0 radical (unpaired) electrons. The van der Waals surface area contributed by atoms with Crippen molar-refractivity contribution in [3.8, 4) is 0 Å². The lowest BCUT2D eigenvalue weighted by molar-refractivity contribution is -0.120. The van der Waals surface area contributed by atoms with Crippen molar-refractivity contribution in [1.29, 1.82) is 0 Å². The van der Waals surface area contributed by atoms with Crippen LogP contribution in [0.5, 0.6) is 0 Å². The van der Waals surface area contributed by atoms with Gasteiger partial charge in [0.15, 0.2) is 0 Å². The van der Waals surface area contributed by atoms with Gasteiger partial charge in [0.2, 0.25) is 5.91 Å². The SMILES string of the molecule is CC(C)(NC(=O)c1ccccc1)C(=O)Nc1ccccc1. The van der Waals surface area contributed by atoms with E-state index in [9.17, 15) is 9.59 Å². The Hall–Kier alpha value is -2.62. The lowest BCUT2D eigenvalue weighted by Crippen LogP contribution is -2.52. The third-order valence-electron chi connectivity index (χ3n) is 3.06. The number of hydrogen-bond acceptors (Lipinski definition) is 2. The van der Waals surface area contributed by atoms with Crippen LogP contribution in [0.4, 0.5) is 5.69 Å². The lowest BCUT2D eigenvalue weighted by atomic mass is 10.0. The van der Waals surface area contributed by atoms with Crippen LogP contribution in [0.3, 0.4) is 0 Å². The molecule has 2 aromatic rings. The Morgan fingerprint density at radius 3 is 1.95 bits per heavy atom. The quantitative estimate of drug-likeness (QED) is 0.906. The first kappa shape index (κ1) is 14.8. The van der Waals surface area contributed by atoms with Crippen molar-refractivity contribution in [1.82, 2.24) is 5.32 Å². The number of anilines is 1. The number of hydrogen-bond donors (Lipinski definition) is 2. The number of carbonyl (C=O) groups is 2. The van der Waals surface area contributed by atoms with Crippen LogP contribution in [0, 0.1) is 0 Å². The van der Waals surface area contributed by atoms with Crippen LogP contribution in [0.2, 0.25) is 0 Å². The summed E-state index contributed by atoms with van der Waals surface area (Å²) < 4.78 is 0. The van der Waals surface area contributed by atoms with Crippen LogP contribution in [-0.4, -0.2) is 17.4 Å². The van der Waals surface area contributed by atoms with Crippen LogP contribution in [0.1, 0.15) is 24.2 Å². The predicted molar refractivity (Wildman–Crippen MR) is 83.1 cm³/mol. The highest BCUT2D eigenvalue weighted by molar-refractivity contribution is 6.03. The van der Waals surface area contributed by atoms with Crippen molar-refractivity contribution in [3.63, 3.8) is 0 Å². The molecule has 0 unspecified atom stereocenters. The van der Waals surface area contributed by atoms with Gasteiger partial charge in [-0.05, 0) is 38.1 Å². The van der Waals surface area contributed by atoms with E-state index in [0.29, 0.717) is 11.3 Å². The van der Waals surface area contributed by atoms with Crippen LogP contribution in [0.15, 0.2) is 60.7 Å². The van der Waals surface area contributed by atoms with Gasteiger partial charge in [0.1, 0.15) is 5.54 Å². The highest BCUT2D eigenvalue weighted by Gasteiger charge is 2.29. The fraction of sp³-hybridized carbons (Fsp3) is 0.176. The van der Waals surface area contributed by atoms with Crippen molar-refractivity contribution in [2.24, 2.45) is 0 Å². The third kappa shape index (κ3) is 3.92. The van der Waals surface area contributed by atoms with Crippen LogP contribution < -0.4 is 10.6 Å². The summed E-state index contributed by atoms with van der Waals surface area (Å²) in [4.78, 5) is 24.4. The summed E-state index contributed by atoms with van der Waals surface area (Å²) in [7, 11) is 0. The first-order valence-electron chi connectivity index (χ1n) is 6.73. The van der Waals surface area contributed by atoms with Gasteiger partial charge in [-0.2, -0.15) is 0 Å². The second-order valence-electron chi connectivity index (χ2n) is 5.27. The largest absolute Gasteiger partial charge is 0.338 e. The van der Waals surface area contributed by atoms with Crippen molar-refractivity contribution in [2.45, 2.75) is 19.4 Å². The highest BCUT2D eigenvalue weighted by Crippen LogP contribution is 2.11. The molecule has 2 rings (SSSR count). The van der Waals surface area contributed by atoms with Gasteiger partial charge in [-0.3, -0.25) is 9.59 Å². The Bertz CT molecular complexity index is 622. The number of nitrogens with one attached hydrogen (secondary N) is 2. The van der Waals surface area contributed by atoms with Gasteiger partial charge >= 0.3 is 0 Å². The topological polar surface area (TPSA) is 58.2 Å². The predicted octanol–water partition coefficient (Wildman–Crippen LogP) is 2.83. The first-order valence-corrected chi connectivity index (χ1v) is 6.73. The minimum atomic E-state index is -1.01. The molecule has 0 fully saturated rings. The van der Waals surface area contributed by atoms with Crippen molar-refractivity contribution < 1.29 is 9.59 Å². The second-order valence-corrected chi connectivity index (χ2v) is 5.27. The minimum Gasteiger partial charge on any atom is -0.338 e. The molecule has 0 saturated carbocycles. The minimum absolute atomic E-state index is 0.266. The summed E-state index contributed by atoms with van der Waals surface area (Å²) in [6.45, 7) is 3.35. The maximum Gasteiger partial charge on any atom is 0.252 e. The molecule has 0 aliphatic rings. The summed E-state index contributed by atoms with van der Waals surface area (Å²) in [5.41, 5.74) is 0.214. The molecule has 0 saturated heterocycles. The average Bonchev–Trinajstić information content (AvgIpc) is 2.48. The number of para-hydroxylation sites is 1. The van der Waals surface area contributed by atoms with Crippen LogP contribution >= 0.6 is 0 Å². The van der Waals surface area contributed by atoms with Gasteiger partial charge in [0.05, 0.1) is 0 Å². The van der Waals surface area contributed by atoms with Crippen LogP contribution in [0.25, 0.3) is 0 Å². The molecule has 0 heterocycles. The summed E-state index contributed by atoms with van der Waals surface area (Å²) in [5, 5.41) is 5.53. The third-order valence-corrected chi connectivity index (χ3v) is 3.06. The maximum atomic E-state index is 12.3. The van der Waals surface area contributed by atoms with E-state index in [0.717, 1.165) is 0 Å². The highest BCUT2D eigenvalue weighted by atomic mass is 16.2. The average molecular weight is 282 g/mol. The van der Waals surface area contributed by atoms with Gasteiger partial charge in [0.25, 0.3) is 5.91 Å². The molecule has 0 aliphatic carbocycles. The number of amides is 2. The summed E-state index contributed by atoms with van der Waals surface area (Å²) in [6.07, 6.45) is 0. The summed E-state index contributed by atoms with van der Waals surface area (Å²) >= 11 is 0. The Morgan fingerprint density at radius 1 is 0.857 bits per heavy atom. The van der Waals surface area contributed by atoms with Crippen molar-refractivity contribution >= 4 is 17.5 Å². The fourth-order valence-corrected chi connectivity index (χ4v) is 1.81. The molecular weight excluding hydrogens is 264 g/mol. The zero-order valence-corrected chi connectivity index (χ0v) is 12.1. The normalized spacial score (nSPS) is 10.8. The van der Waals surface area contributed by atoms with E-state index in [4.69, 9.17) is 0 Å². The number of rotatable bonds is 4. The first-order chi connectivity index (χ1) is 9.99. The molecule has 0 spiro atoms. The van der Waals surface area contributed by atoms with E-state index >= 15 is 0 Å². The van der Waals surface area contributed by atoms with E-state index < -0.39 is 5.54 Å². The molecule has 0 aliphatic heterocycles. The number of benzene rings is 2. The Kier molecular flexibility index (Phi) is 4.38. The Labute approximate surface area is 124 Å². The molecule has 2 aromatic carbocycles. The van der Waals surface area contributed by atoms with Gasteiger partial charge < -0.3 is 10.6 Å². The molecule has 2 N–H and O–H groups in total. The fourth-order valence-electron chi connectivity index (χ4n) is 1.81.